The zero-order valence-electron chi connectivity index (χ0n) is 21.0. The smallest absolute Gasteiger partial charge is 0.415 e. The molecule has 1 amide bonds. The lowest BCUT2D eigenvalue weighted by molar-refractivity contribution is -0.0761. The Morgan fingerprint density at radius 3 is 2.59 bits per heavy atom. The van der Waals surface area contributed by atoms with Crippen molar-refractivity contribution in [3.8, 4) is 0 Å². The first-order chi connectivity index (χ1) is 15.5. The lowest BCUT2D eigenvalue weighted by atomic mass is 9.86. The highest BCUT2D eigenvalue weighted by Gasteiger charge is 2.67. The Labute approximate surface area is 215 Å². The van der Waals surface area contributed by atoms with Gasteiger partial charge in [-0.3, -0.25) is 4.99 Å². The van der Waals surface area contributed by atoms with Gasteiger partial charge >= 0.3 is 6.09 Å². The number of halogens is 2. The highest BCUT2D eigenvalue weighted by molar-refractivity contribution is 9.10. The van der Waals surface area contributed by atoms with Gasteiger partial charge in [0.1, 0.15) is 12.0 Å². The first-order valence-corrected chi connectivity index (χ1v) is 16.8. The number of hydrogen-bond acceptors (Lipinski definition) is 5. The number of carboxylic acid groups (broad SMARTS) is 1. The van der Waals surface area contributed by atoms with E-state index in [2.05, 4.69) is 35.6 Å². The maximum atomic E-state index is 15.0. The van der Waals surface area contributed by atoms with E-state index in [0.717, 1.165) is 6.04 Å². The van der Waals surface area contributed by atoms with E-state index in [4.69, 9.17) is 9.73 Å². The topological polar surface area (TPSA) is 82.4 Å². The highest BCUT2D eigenvalue weighted by atomic mass is 79.9. The van der Waals surface area contributed by atoms with Gasteiger partial charge in [0.25, 0.3) is 0 Å². The largest absolute Gasteiger partial charge is 0.465 e. The average Bonchev–Trinajstić information content (AvgIpc) is 3.43. The van der Waals surface area contributed by atoms with Gasteiger partial charge in [-0.2, -0.15) is 0 Å². The minimum absolute atomic E-state index is 0.112. The maximum absolute atomic E-state index is 15.0. The van der Waals surface area contributed by atoms with Crippen molar-refractivity contribution in [2.45, 2.75) is 76.3 Å². The van der Waals surface area contributed by atoms with Crippen LogP contribution in [0.3, 0.4) is 0 Å². The predicted molar refractivity (Wildman–Crippen MR) is 142 cm³/mol. The first-order valence-electron chi connectivity index (χ1n) is 11.5. The lowest BCUT2D eigenvalue weighted by Crippen LogP contribution is -2.53. The summed E-state index contributed by atoms with van der Waals surface area (Å²) in [7, 11) is -1.39. The van der Waals surface area contributed by atoms with Gasteiger partial charge in [-0.1, -0.05) is 68.1 Å². The zero-order chi connectivity index (χ0) is 25.7. The van der Waals surface area contributed by atoms with Crippen LogP contribution in [0.5, 0.6) is 0 Å². The van der Waals surface area contributed by atoms with Crippen LogP contribution in [0.2, 0.25) is 25.7 Å². The van der Waals surface area contributed by atoms with Gasteiger partial charge in [0, 0.05) is 36.0 Å². The van der Waals surface area contributed by atoms with Gasteiger partial charge in [0.15, 0.2) is 5.17 Å². The van der Waals surface area contributed by atoms with Crippen LogP contribution in [0.1, 0.15) is 39.7 Å². The molecule has 1 heterocycles. The lowest BCUT2D eigenvalue weighted by Gasteiger charge is -2.42. The van der Waals surface area contributed by atoms with E-state index in [1.54, 1.807) is 12.1 Å². The number of rotatable bonds is 7. The Hall–Kier alpha value is -0.943. The molecule has 1 fully saturated rings. The second-order valence-corrected chi connectivity index (χ2v) is 19.7. The summed E-state index contributed by atoms with van der Waals surface area (Å²) in [6, 6.07) is 5.61. The molecule has 1 aromatic rings. The summed E-state index contributed by atoms with van der Waals surface area (Å²) in [6.45, 7) is 14.7. The average molecular weight is 576 g/mol. The number of fused-ring (bicyclic) bond motifs is 1. The van der Waals surface area contributed by atoms with Crippen molar-refractivity contribution in [2.24, 2.45) is 16.3 Å². The number of aliphatic hydroxyl groups is 1. The van der Waals surface area contributed by atoms with E-state index < -0.39 is 41.9 Å². The number of aliphatic hydroxyl groups excluding tert-OH is 1. The Kier molecular flexibility index (Phi) is 7.72. The van der Waals surface area contributed by atoms with Crippen LogP contribution in [-0.2, 0) is 10.3 Å². The standard InChI is InChI=1S/C24H36BrFN2O4SSi/c1-22(2,3)19(32-10-11-34(5,6)7)28(21(30)31)20-27-23(4,18-13-24(18,14-29)33-20)16-12-15(25)8-9-17(16)26/h8-9,12,18-19,29H,10-11,13-14H2,1-7H3,(H,30,31)/t18-,19?,23+,24+/m0/s1. The van der Waals surface area contributed by atoms with E-state index in [1.807, 2.05) is 27.7 Å². The molecule has 2 aliphatic rings. The molecule has 0 aromatic heterocycles. The van der Waals surface area contributed by atoms with Crippen LogP contribution in [0.15, 0.2) is 27.7 Å². The van der Waals surface area contributed by atoms with Crippen LogP contribution in [0.25, 0.3) is 0 Å². The molecular weight excluding hydrogens is 539 g/mol. The number of aliphatic imine (C=N–C) groups is 1. The predicted octanol–water partition coefficient (Wildman–Crippen LogP) is 6.36. The third-order valence-electron chi connectivity index (χ3n) is 6.58. The molecule has 2 N–H and O–H groups in total. The second kappa shape index (κ2) is 9.50. The summed E-state index contributed by atoms with van der Waals surface area (Å²) in [4.78, 5) is 18.7. The molecule has 0 bridgehead atoms. The second-order valence-electron chi connectivity index (χ2n) is 11.8. The Morgan fingerprint density at radius 1 is 1.41 bits per heavy atom. The third kappa shape index (κ3) is 5.56. The molecule has 1 aromatic carbocycles. The minimum Gasteiger partial charge on any atom is -0.465 e. The first kappa shape index (κ1) is 27.6. The van der Waals surface area contributed by atoms with Gasteiger partial charge in [-0.25, -0.2) is 14.1 Å². The molecule has 0 spiro atoms. The van der Waals surface area contributed by atoms with Gasteiger partial charge in [-0.05, 0) is 37.6 Å². The molecule has 1 unspecified atom stereocenters. The van der Waals surface area contributed by atoms with Crippen molar-refractivity contribution in [1.82, 2.24) is 4.90 Å². The fraction of sp³-hybridized carbons (Fsp3) is 0.667. The Morgan fingerprint density at radius 2 is 2.06 bits per heavy atom. The number of ether oxygens (including phenoxy) is 1. The zero-order valence-corrected chi connectivity index (χ0v) is 24.4. The third-order valence-corrected chi connectivity index (χ3v) is 10.2. The summed E-state index contributed by atoms with van der Waals surface area (Å²) in [5.41, 5.74) is -1.17. The van der Waals surface area contributed by atoms with Crippen LogP contribution in [0, 0.1) is 17.2 Å². The number of hydrogen-bond donors (Lipinski definition) is 2. The molecule has 4 atom stereocenters. The molecule has 10 heteroatoms. The molecule has 6 nitrogen and oxygen atoms in total. The van der Waals surface area contributed by atoms with Crippen molar-refractivity contribution in [3.05, 3.63) is 34.1 Å². The molecule has 3 rings (SSSR count). The van der Waals surface area contributed by atoms with E-state index in [1.165, 1.54) is 22.7 Å². The fourth-order valence-corrected chi connectivity index (χ4v) is 7.15. The molecule has 1 aliphatic carbocycles. The number of nitrogens with zero attached hydrogens (tertiary/aromatic N) is 2. The van der Waals surface area contributed by atoms with Crippen LogP contribution in [-0.4, -0.2) is 58.6 Å². The maximum Gasteiger partial charge on any atom is 0.415 e. The van der Waals surface area contributed by atoms with Crippen molar-refractivity contribution in [1.29, 1.82) is 0 Å². The SMILES string of the molecule is CC(C)(C)C(OCC[Si](C)(C)C)N(C(=O)O)C1=N[C@](C)(c2cc(Br)ccc2F)[C@@H]2C[C@]2(CO)S1. The molecule has 0 radical (unpaired) electrons. The van der Waals surface area contributed by atoms with E-state index in [-0.39, 0.29) is 17.7 Å². The van der Waals surface area contributed by atoms with Gasteiger partial charge in [0.2, 0.25) is 0 Å². The number of benzene rings is 1. The van der Waals surface area contributed by atoms with Crippen LogP contribution >= 0.6 is 27.7 Å². The minimum atomic E-state index is -1.39. The number of amides is 1. The summed E-state index contributed by atoms with van der Waals surface area (Å²) in [6.07, 6.45) is -1.34. The highest BCUT2D eigenvalue weighted by Crippen LogP contribution is 2.66. The molecule has 34 heavy (non-hydrogen) atoms. The quantitative estimate of drug-likeness (QED) is 0.292. The monoisotopic (exact) mass is 574 g/mol. The summed E-state index contributed by atoms with van der Waals surface area (Å²) < 4.78 is 21.4. The van der Waals surface area contributed by atoms with Crippen molar-refractivity contribution < 1.29 is 24.1 Å². The molecule has 1 aliphatic heterocycles. The van der Waals surface area contributed by atoms with Gasteiger partial charge in [0.05, 0.1) is 16.9 Å². The Balaban J connectivity index is 2.08. The molecular formula is C24H36BrFN2O4SSi. The van der Waals surface area contributed by atoms with Crippen molar-refractivity contribution >= 4 is 47.0 Å². The summed E-state index contributed by atoms with van der Waals surface area (Å²) >= 11 is 4.70. The summed E-state index contributed by atoms with van der Waals surface area (Å²) in [5, 5.41) is 20.9. The van der Waals surface area contributed by atoms with Crippen molar-refractivity contribution in [2.75, 3.05) is 13.2 Å². The summed E-state index contributed by atoms with van der Waals surface area (Å²) in [5.74, 6) is -0.515. The van der Waals surface area contributed by atoms with Crippen LogP contribution in [0.4, 0.5) is 9.18 Å². The molecule has 1 saturated carbocycles. The number of amidine groups is 1. The number of carbonyl (C=O) groups is 1. The Bertz CT molecular complexity index is 983. The van der Waals surface area contributed by atoms with Gasteiger partial charge in [-0.15, -0.1) is 0 Å². The van der Waals surface area contributed by atoms with E-state index in [9.17, 15) is 15.0 Å². The van der Waals surface area contributed by atoms with Crippen LogP contribution < -0.4 is 0 Å². The van der Waals surface area contributed by atoms with E-state index in [0.29, 0.717) is 23.1 Å². The van der Waals surface area contributed by atoms with Gasteiger partial charge < -0.3 is 14.9 Å². The normalized spacial score (nSPS) is 27.6. The molecule has 190 valence electrons. The molecule has 0 saturated heterocycles. The fourth-order valence-electron chi connectivity index (χ4n) is 4.51. The van der Waals surface area contributed by atoms with E-state index >= 15 is 4.39 Å². The van der Waals surface area contributed by atoms with Crippen molar-refractivity contribution in [3.63, 3.8) is 0 Å². The number of thioether (sulfide) groups is 1.